The van der Waals surface area contributed by atoms with E-state index < -0.39 is 30.4 Å². The zero-order chi connectivity index (χ0) is 16.7. The van der Waals surface area contributed by atoms with E-state index in [1.807, 2.05) is 0 Å². The van der Waals surface area contributed by atoms with Crippen LogP contribution in [0.2, 0.25) is 0 Å². The number of carboxylic acid groups (broad SMARTS) is 1. The largest absolute Gasteiger partial charge is 0.481 e. The molecule has 2 aromatic rings. The third kappa shape index (κ3) is 4.96. The lowest BCUT2D eigenvalue weighted by Gasteiger charge is -2.16. The Kier molecular flexibility index (Phi) is 5.46. The van der Waals surface area contributed by atoms with E-state index in [1.54, 1.807) is 48.5 Å². The van der Waals surface area contributed by atoms with Crippen LogP contribution in [0.15, 0.2) is 60.7 Å². The summed E-state index contributed by atoms with van der Waals surface area (Å²) >= 11 is 0. The van der Waals surface area contributed by atoms with Crippen molar-refractivity contribution in [1.29, 1.82) is 0 Å². The molecule has 0 aromatic heterocycles. The van der Waals surface area contributed by atoms with Crippen molar-refractivity contribution in [3.8, 4) is 0 Å². The fraction of sp³-hybridized carbons (Fsp3) is 0.118. The molecule has 1 atom stereocenters. The average molecular weight is 313 g/mol. The molecule has 0 heterocycles. The highest BCUT2D eigenvalue weighted by atomic mass is 16.5. The van der Waals surface area contributed by atoms with Crippen molar-refractivity contribution < 1.29 is 24.2 Å². The third-order valence-corrected chi connectivity index (χ3v) is 2.95. The molecule has 0 saturated heterocycles. The van der Waals surface area contributed by atoms with Crippen molar-refractivity contribution in [2.45, 2.75) is 12.5 Å². The van der Waals surface area contributed by atoms with Gasteiger partial charge in [-0.1, -0.05) is 36.4 Å². The molecule has 1 amide bonds. The van der Waals surface area contributed by atoms with Crippen molar-refractivity contribution >= 4 is 23.5 Å². The van der Waals surface area contributed by atoms with E-state index in [2.05, 4.69) is 5.32 Å². The molecule has 6 nitrogen and oxygen atoms in total. The van der Waals surface area contributed by atoms with Crippen LogP contribution in [0.3, 0.4) is 0 Å². The Morgan fingerprint density at radius 1 is 0.957 bits per heavy atom. The normalized spacial score (nSPS) is 11.3. The molecule has 6 heteroatoms. The number of carboxylic acids is 1. The number of anilines is 1. The first kappa shape index (κ1) is 16.2. The number of amides is 1. The van der Waals surface area contributed by atoms with Crippen LogP contribution in [-0.2, 0) is 14.3 Å². The van der Waals surface area contributed by atoms with Crippen LogP contribution in [-0.4, -0.2) is 29.1 Å². The quantitative estimate of drug-likeness (QED) is 0.798. The molecule has 0 fully saturated rings. The van der Waals surface area contributed by atoms with Gasteiger partial charge in [-0.05, 0) is 24.3 Å². The fourth-order valence-electron chi connectivity index (χ4n) is 1.86. The van der Waals surface area contributed by atoms with Crippen molar-refractivity contribution in [3.05, 3.63) is 66.2 Å². The van der Waals surface area contributed by atoms with Crippen molar-refractivity contribution in [2.24, 2.45) is 0 Å². The van der Waals surface area contributed by atoms with Crippen LogP contribution >= 0.6 is 0 Å². The number of carbonyl (C=O) groups excluding carboxylic acids is 2. The molecule has 0 aliphatic carbocycles. The summed E-state index contributed by atoms with van der Waals surface area (Å²) in [5, 5.41) is 11.4. The van der Waals surface area contributed by atoms with Crippen molar-refractivity contribution in [2.75, 3.05) is 5.32 Å². The van der Waals surface area contributed by atoms with E-state index in [0.717, 1.165) is 0 Å². The van der Waals surface area contributed by atoms with Crippen LogP contribution in [0.1, 0.15) is 16.8 Å². The Bertz CT molecular complexity index is 685. The highest BCUT2D eigenvalue weighted by molar-refractivity contribution is 5.99. The number of aliphatic carboxylic acids is 1. The average Bonchev–Trinajstić information content (AvgIpc) is 2.55. The van der Waals surface area contributed by atoms with Gasteiger partial charge in [-0.3, -0.25) is 9.59 Å². The van der Waals surface area contributed by atoms with E-state index in [0.29, 0.717) is 5.69 Å². The molecule has 2 aromatic carbocycles. The van der Waals surface area contributed by atoms with Crippen LogP contribution in [0.4, 0.5) is 5.69 Å². The molecule has 23 heavy (non-hydrogen) atoms. The summed E-state index contributed by atoms with van der Waals surface area (Å²) in [6, 6.07) is 16.6. The maximum Gasteiger partial charge on any atom is 0.338 e. The van der Waals surface area contributed by atoms with E-state index >= 15 is 0 Å². The molecule has 118 valence electrons. The topological polar surface area (TPSA) is 92.7 Å². The van der Waals surface area contributed by atoms with Crippen LogP contribution in [0, 0.1) is 0 Å². The van der Waals surface area contributed by atoms with Gasteiger partial charge in [0, 0.05) is 5.69 Å². The molecule has 0 saturated carbocycles. The number of rotatable bonds is 6. The van der Waals surface area contributed by atoms with Gasteiger partial charge in [-0.2, -0.15) is 0 Å². The monoisotopic (exact) mass is 313 g/mol. The number of ether oxygens (including phenoxy) is 1. The number of nitrogens with one attached hydrogen (secondary N) is 1. The Hall–Kier alpha value is -3.15. The summed E-state index contributed by atoms with van der Waals surface area (Å²) in [6.07, 6.45) is -2.03. The highest BCUT2D eigenvalue weighted by Crippen LogP contribution is 2.11. The van der Waals surface area contributed by atoms with E-state index in [1.165, 1.54) is 12.1 Å². The molecular weight excluding hydrogens is 298 g/mol. The smallest absolute Gasteiger partial charge is 0.338 e. The van der Waals surface area contributed by atoms with E-state index in [4.69, 9.17) is 9.84 Å². The number of carbonyl (C=O) groups is 3. The molecular formula is C17H15NO5. The summed E-state index contributed by atoms with van der Waals surface area (Å²) in [7, 11) is 0. The lowest BCUT2D eigenvalue weighted by molar-refractivity contribution is -0.142. The Balaban J connectivity index is 2.08. The fourth-order valence-corrected chi connectivity index (χ4v) is 1.86. The van der Waals surface area contributed by atoms with Crippen molar-refractivity contribution in [3.63, 3.8) is 0 Å². The predicted octanol–water partition coefficient (Wildman–Crippen LogP) is 2.33. The Labute approximate surface area is 132 Å². The molecule has 1 unspecified atom stereocenters. The van der Waals surface area contributed by atoms with Crippen LogP contribution < -0.4 is 5.32 Å². The second-order valence-electron chi connectivity index (χ2n) is 4.71. The van der Waals surface area contributed by atoms with Gasteiger partial charge in [-0.25, -0.2) is 4.79 Å². The second-order valence-corrected chi connectivity index (χ2v) is 4.71. The lowest BCUT2D eigenvalue weighted by atomic mass is 10.2. The molecule has 0 radical (unpaired) electrons. The maximum absolute atomic E-state index is 12.2. The molecule has 2 N–H and O–H groups in total. The SMILES string of the molecule is O=C(O)CC(OC(=O)c1ccccc1)C(=O)Nc1ccccc1. The number of benzene rings is 2. The lowest BCUT2D eigenvalue weighted by Crippen LogP contribution is -2.34. The highest BCUT2D eigenvalue weighted by Gasteiger charge is 2.26. The van der Waals surface area contributed by atoms with Gasteiger partial charge in [0.2, 0.25) is 0 Å². The summed E-state index contributed by atoms with van der Waals surface area (Å²) in [6.45, 7) is 0. The molecule has 0 bridgehead atoms. The van der Waals surface area contributed by atoms with Gasteiger partial charge >= 0.3 is 11.9 Å². The predicted molar refractivity (Wildman–Crippen MR) is 83.0 cm³/mol. The standard InChI is InChI=1S/C17H15NO5/c19-15(20)11-14(16(21)18-13-9-5-2-6-10-13)23-17(22)12-7-3-1-4-8-12/h1-10,14H,11H2,(H,18,21)(H,19,20). The second kappa shape index (κ2) is 7.74. The molecule has 2 rings (SSSR count). The molecule has 0 aliphatic rings. The van der Waals surface area contributed by atoms with Crippen molar-refractivity contribution in [1.82, 2.24) is 0 Å². The minimum absolute atomic E-state index is 0.246. The van der Waals surface area contributed by atoms with E-state index in [9.17, 15) is 14.4 Å². The first-order valence-electron chi connectivity index (χ1n) is 6.90. The minimum atomic E-state index is -1.42. The van der Waals surface area contributed by atoms with E-state index in [-0.39, 0.29) is 5.56 Å². The zero-order valence-corrected chi connectivity index (χ0v) is 12.1. The van der Waals surface area contributed by atoms with Gasteiger partial charge in [0.25, 0.3) is 5.91 Å². The summed E-state index contributed by atoms with van der Waals surface area (Å²) in [5.74, 6) is -2.68. The number of esters is 1. The van der Waals surface area contributed by atoms with Gasteiger partial charge in [-0.15, -0.1) is 0 Å². The van der Waals surface area contributed by atoms with Gasteiger partial charge in [0.15, 0.2) is 6.10 Å². The minimum Gasteiger partial charge on any atom is -0.481 e. The molecule has 0 spiro atoms. The molecule has 0 aliphatic heterocycles. The first-order chi connectivity index (χ1) is 11.1. The van der Waals surface area contributed by atoms with Gasteiger partial charge in [0.05, 0.1) is 12.0 Å². The van der Waals surface area contributed by atoms with Crippen LogP contribution in [0.25, 0.3) is 0 Å². The first-order valence-corrected chi connectivity index (χ1v) is 6.90. The summed E-state index contributed by atoms with van der Waals surface area (Å²) in [4.78, 5) is 35.1. The van der Waals surface area contributed by atoms with Gasteiger partial charge < -0.3 is 15.2 Å². The number of hydrogen-bond acceptors (Lipinski definition) is 4. The zero-order valence-electron chi connectivity index (χ0n) is 12.1. The third-order valence-electron chi connectivity index (χ3n) is 2.95. The summed E-state index contributed by atoms with van der Waals surface area (Å²) < 4.78 is 5.05. The van der Waals surface area contributed by atoms with Gasteiger partial charge in [0.1, 0.15) is 0 Å². The summed E-state index contributed by atoms with van der Waals surface area (Å²) in [5.41, 5.74) is 0.735. The Morgan fingerprint density at radius 3 is 2.09 bits per heavy atom. The Morgan fingerprint density at radius 2 is 1.52 bits per heavy atom. The van der Waals surface area contributed by atoms with Crippen LogP contribution in [0.5, 0.6) is 0 Å². The number of hydrogen-bond donors (Lipinski definition) is 2. The number of para-hydroxylation sites is 1. The maximum atomic E-state index is 12.2.